The van der Waals surface area contributed by atoms with Gasteiger partial charge in [-0.15, -0.1) is 0 Å². The standard InChI is InChI=1S/C20H9F7N4O/c21-17-12(2-1-3-13(17)19(22,23)24)18-29-15(30-32-18)9-31-7-6-11-14(31)5-4-10(8-28)16(11)20(25,26)27/h1-7H,9H2. The molecule has 4 aromatic rings. The average Bonchev–Trinajstić information content (AvgIpc) is 3.33. The summed E-state index contributed by atoms with van der Waals surface area (Å²) in [6.07, 6.45) is -8.38. The minimum absolute atomic E-state index is 0.104. The maximum Gasteiger partial charge on any atom is 0.419 e. The maximum atomic E-state index is 14.3. The first kappa shape index (κ1) is 21.4. The second kappa shape index (κ2) is 7.37. The molecule has 164 valence electrons. The van der Waals surface area contributed by atoms with Gasteiger partial charge in [-0.3, -0.25) is 0 Å². The zero-order valence-electron chi connectivity index (χ0n) is 15.6. The third kappa shape index (κ3) is 3.66. The van der Waals surface area contributed by atoms with Crippen LogP contribution in [0.5, 0.6) is 0 Å². The highest BCUT2D eigenvalue weighted by Gasteiger charge is 2.37. The summed E-state index contributed by atoms with van der Waals surface area (Å²) in [6.45, 7) is -0.212. The first-order valence-electron chi connectivity index (χ1n) is 8.78. The highest BCUT2D eigenvalue weighted by Crippen LogP contribution is 2.38. The molecule has 0 bridgehead atoms. The molecule has 0 atom stereocenters. The Kier molecular flexibility index (Phi) is 4.92. The summed E-state index contributed by atoms with van der Waals surface area (Å²) < 4.78 is 99.5. The van der Waals surface area contributed by atoms with E-state index in [4.69, 9.17) is 9.78 Å². The number of aromatic nitrogens is 3. The van der Waals surface area contributed by atoms with Crippen LogP contribution in [0.1, 0.15) is 22.5 Å². The Morgan fingerprint density at radius 2 is 1.75 bits per heavy atom. The number of benzene rings is 2. The number of rotatable bonds is 3. The third-order valence-corrected chi connectivity index (χ3v) is 4.67. The maximum absolute atomic E-state index is 14.3. The van der Waals surface area contributed by atoms with Gasteiger partial charge in [-0.2, -0.15) is 36.6 Å². The van der Waals surface area contributed by atoms with Crippen LogP contribution in [0.4, 0.5) is 30.7 Å². The Balaban J connectivity index is 1.71. The van der Waals surface area contributed by atoms with Crippen molar-refractivity contribution < 1.29 is 35.3 Å². The van der Waals surface area contributed by atoms with Crippen LogP contribution < -0.4 is 0 Å². The Hall–Kier alpha value is -3.88. The molecule has 0 radical (unpaired) electrons. The van der Waals surface area contributed by atoms with E-state index in [1.807, 2.05) is 0 Å². The van der Waals surface area contributed by atoms with Gasteiger partial charge in [-0.05, 0) is 30.3 Å². The fraction of sp³-hybridized carbons (Fsp3) is 0.150. The smallest absolute Gasteiger partial charge is 0.340 e. The number of hydrogen-bond acceptors (Lipinski definition) is 4. The van der Waals surface area contributed by atoms with Crippen molar-refractivity contribution in [3.05, 3.63) is 70.9 Å². The van der Waals surface area contributed by atoms with Crippen molar-refractivity contribution in [3.63, 3.8) is 0 Å². The van der Waals surface area contributed by atoms with E-state index in [0.29, 0.717) is 6.07 Å². The molecule has 0 fully saturated rings. The fourth-order valence-electron chi connectivity index (χ4n) is 3.30. The van der Waals surface area contributed by atoms with Crippen molar-refractivity contribution in [3.8, 4) is 17.5 Å². The van der Waals surface area contributed by atoms with Gasteiger partial charge >= 0.3 is 12.4 Å². The van der Waals surface area contributed by atoms with E-state index < -0.39 is 46.3 Å². The van der Waals surface area contributed by atoms with Crippen molar-refractivity contribution >= 4 is 10.9 Å². The van der Waals surface area contributed by atoms with Gasteiger partial charge in [0.05, 0.1) is 34.9 Å². The predicted octanol–water partition coefficient (Wildman–Crippen LogP) is 5.79. The fourth-order valence-corrected chi connectivity index (χ4v) is 3.30. The number of nitriles is 1. The molecule has 0 N–H and O–H groups in total. The van der Waals surface area contributed by atoms with Crippen LogP contribution in [-0.4, -0.2) is 14.7 Å². The van der Waals surface area contributed by atoms with Crippen molar-refractivity contribution in [1.29, 1.82) is 5.26 Å². The lowest BCUT2D eigenvalue weighted by atomic mass is 10.0. The first-order chi connectivity index (χ1) is 15.0. The molecule has 4 rings (SSSR count). The normalized spacial score (nSPS) is 12.3. The van der Waals surface area contributed by atoms with E-state index in [1.54, 1.807) is 0 Å². The molecular formula is C20H9F7N4O. The summed E-state index contributed by atoms with van der Waals surface area (Å²) in [7, 11) is 0. The van der Waals surface area contributed by atoms with Crippen LogP contribution in [-0.2, 0) is 18.9 Å². The van der Waals surface area contributed by atoms with E-state index in [0.717, 1.165) is 18.2 Å². The highest BCUT2D eigenvalue weighted by molar-refractivity contribution is 5.86. The Bertz CT molecular complexity index is 1360. The molecule has 12 heteroatoms. The van der Waals surface area contributed by atoms with Gasteiger partial charge in [0.25, 0.3) is 5.89 Å². The summed E-state index contributed by atoms with van der Waals surface area (Å²) in [5.41, 5.74) is -3.57. The summed E-state index contributed by atoms with van der Waals surface area (Å²) in [5.74, 6) is -2.20. The molecule has 0 aliphatic rings. The summed E-state index contributed by atoms with van der Waals surface area (Å²) in [6, 6.07) is 7.61. The molecule has 0 aliphatic heterocycles. The Labute approximate surface area is 174 Å². The van der Waals surface area contributed by atoms with Gasteiger partial charge < -0.3 is 9.09 Å². The SMILES string of the molecule is N#Cc1ccc2c(ccn2Cc2noc(-c3cccc(C(F)(F)F)c3F)n2)c1C(F)(F)F. The number of nitrogens with zero attached hydrogens (tertiary/aromatic N) is 4. The number of hydrogen-bond donors (Lipinski definition) is 0. The van der Waals surface area contributed by atoms with Gasteiger partial charge in [0.15, 0.2) is 5.82 Å². The molecule has 0 unspecified atom stereocenters. The minimum Gasteiger partial charge on any atom is -0.340 e. The zero-order chi connectivity index (χ0) is 23.3. The summed E-state index contributed by atoms with van der Waals surface area (Å²) in [4.78, 5) is 3.87. The molecule has 0 spiro atoms. The molecular weight excluding hydrogens is 445 g/mol. The Morgan fingerprint density at radius 1 is 1.00 bits per heavy atom. The average molecular weight is 454 g/mol. The Morgan fingerprint density at radius 3 is 2.41 bits per heavy atom. The van der Waals surface area contributed by atoms with Crippen molar-refractivity contribution in [1.82, 2.24) is 14.7 Å². The molecule has 0 saturated heterocycles. The molecule has 2 aromatic carbocycles. The molecule has 0 saturated carbocycles. The number of halogens is 7. The van der Waals surface area contributed by atoms with Crippen molar-refractivity contribution in [2.75, 3.05) is 0 Å². The van der Waals surface area contributed by atoms with Crippen LogP contribution in [0.15, 0.2) is 47.1 Å². The van der Waals surface area contributed by atoms with E-state index in [1.165, 1.54) is 29.0 Å². The van der Waals surface area contributed by atoms with Crippen molar-refractivity contribution in [2.24, 2.45) is 0 Å². The van der Waals surface area contributed by atoms with Crippen LogP contribution in [0.25, 0.3) is 22.4 Å². The second-order valence-corrected chi connectivity index (χ2v) is 6.65. The second-order valence-electron chi connectivity index (χ2n) is 6.65. The summed E-state index contributed by atoms with van der Waals surface area (Å²) >= 11 is 0. The minimum atomic E-state index is -4.93. The van der Waals surface area contributed by atoms with Gasteiger partial charge in [0, 0.05) is 17.1 Å². The van der Waals surface area contributed by atoms with E-state index >= 15 is 0 Å². The monoisotopic (exact) mass is 454 g/mol. The van der Waals surface area contributed by atoms with Gasteiger partial charge in [-0.1, -0.05) is 11.2 Å². The zero-order valence-corrected chi connectivity index (χ0v) is 15.6. The lowest BCUT2D eigenvalue weighted by molar-refractivity contribution is -0.140. The molecule has 0 aliphatic carbocycles. The third-order valence-electron chi connectivity index (χ3n) is 4.67. The van der Waals surface area contributed by atoms with Gasteiger partial charge in [0.2, 0.25) is 0 Å². The molecule has 2 aromatic heterocycles. The molecule has 2 heterocycles. The topological polar surface area (TPSA) is 67.6 Å². The molecule has 32 heavy (non-hydrogen) atoms. The van der Waals surface area contributed by atoms with Crippen LogP contribution in [0, 0.1) is 17.1 Å². The van der Waals surface area contributed by atoms with E-state index in [9.17, 15) is 30.7 Å². The van der Waals surface area contributed by atoms with Crippen molar-refractivity contribution in [2.45, 2.75) is 18.9 Å². The van der Waals surface area contributed by atoms with Crippen LogP contribution in [0.3, 0.4) is 0 Å². The molecule has 0 amide bonds. The van der Waals surface area contributed by atoms with E-state index in [-0.39, 0.29) is 23.3 Å². The van der Waals surface area contributed by atoms with Gasteiger partial charge in [0.1, 0.15) is 5.82 Å². The van der Waals surface area contributed by atoms with Crippen LogP contribution >= 0.6 is 0 Å². The number of fused-ring (bicyclic) bond motifs is 1. The quantitative estimate of drug-likeness (QED) is 0.368. The molecule has 5 nitrogen and oxygen atoms in total. The lowest BCUT2D eigenvalue weighted by Gasteiger charge is -2.11. The number of alkyl halides is 6. The summed E-state index contributed by atoms with van der Waals surface area (Å²) in [5, 5.41) is 12.4. The first-order valence-corrected chi connectivity index (χ1v) is 8.78. The predicted molar refractivity (Wildman–Crippen MR) is 95.5 cm³/mol. The van der Waals surface area contributed by atoms with E-state index in [2.05, 4.69) is 10.1 Å². The lowest BCUT2D eigenvalue weighted by Crippen LogP contribution is -2.09. The highest BCUT2D eigenvalue weighted by atomic mass is 19.4. The largest absolute Gasteiger partial charge is 0.419 e. The van der Waals surface area contributed by atoms with Crippen LogP contribution in [0.2, 0.25) is 0 Å². The van der Waals surface area contributed by atoms with Gasteiger partial charge in [-0.25, -0.2) is 4.39 Å².